The molecule has 30 heavy (non-hydrogen) atoms. The van der Waals surface area contributed by atoms with Crippen molar-refractivity contribution < 1.29 is 19.2 Å². The largest absolute Gasteiger partial charge is 0.277 e. The van der Waals surface area contributed by atoms with Gasteiger partial charge in [-0.15, -0.1) is 0 Å². The SMILES string of the molecule is CN1C(=O)c2cc3c(cc2C1=O)CCCc1cc2c(cc1CCC3)C(=O)N(C)C2=O. The Morgan fingerprint density at radius 1 is 0.500 bits per heavy atom. The molecule has 0 fully saturated rings. The molecule has 0 atom stereocenters. The smallest absolute Gasteiger partial charge is 0.261 e. The first-order valence-corrected chi connectivity index (χ1v) is 10.3. The number of rotatable bonds is 0. The van der Waals surface area contributed by atoms with E-state index in [0.29, 0.717) is 22.3 Å². The summed E-state index contributed by atoms with van der Waals surface area (Å²) in [5.41, 5.74) is 6.52. The third-order valence-corrected chi connectivity index (χ3v) is 6.60. The van der Waals surface area contributed by atoms with E-state index in [-0.39, 0.29) is 23.6 Å². The fraction of sp³-hybridized carbons (Fsp3) is 0.333. The summed E-state index contributed by atoms with van der Waals surface area (Å²) in [6.07, 6.45) is 4.95. The van der Waals surface area contributed by atoms with Crippen LogP contribution >= 0.6 is 0 Å². The summed E-state index contributed by atoms with van der Waals surface area (Å²) in [4.78, 5) is 51.8. The van der Waals surface area contributed by atoms with Crippen molar-refractivity contribution in [2.75, 3.05) is 14.1 Å². The molecule has 6 nitrogen and oxygen atoms in total. The third-order valence-electron chi connectivity index (χ3n) is 6.60. The highest BCUT2D eigenvalue weighted by Crippen LogP contribution is 2.31. The molecule has 2 heterocycles. The van der Waals surface area contributed by atoms with E-state index in [1.807, 2.05) is 24.3 Å². The molecule has 152 valence electrons. The van der Waals surface area contributed by atoms with Gasteiger partial charge in [-0.3, -0.25) is 29.0 Å². The minimum atomic E-state index is -0.233. The number of hydrogen-bond donors (Lipinski definition) is 0. The lowest BCUT2D eigenvalue weighted by Gasteiger charge is -2.17. The molecular weight excluding hydrogens is 380 g/mol. The molecule has 0 saturated carbocycles. The van der Waals surface area contributed by atoms with Gasteiger partial charge in [0.25, 0.3) is 23.6 Å². The lowest BCUT2D eigenvalue weighted by atomic mass is 9.87. The van der Waals surface area contributed by atoms with Gasteiger partial charge < -0.3 is 0 Å². The quantitative estimate of drug-likeness (QED) is 0.635. The van der Waals surface area contributed by atoms with E-state index in [1.165, 1.54) is 23.9 Å². The van der Waals surface area contributed by atoms with Crippen molar-refractivity contribution >= 4 is 23.6 Å². The Morgan fingerprint density at radius 3 is 0.967 bits per heavy atom. The topological polar surface area (TPSA) is 74.8 Å². The highest BCUT2D eigenvalue weighted by molar-refractivity contribution is 6.22. The highest BCUT2D eigenvalue weighted by Gasteiger charge is 2.35. The van der Waals surface area contributed by atoms with Crippen molar-refractivity contribution in [1.29, 1.82) is 0 Å². The van der Waals surface area contributed by atoms with E-state index < -0.39 is 0 Å². The number of carbonyl (C=O) groups excluding carboxylic acids is 4. The minimum Gasteiger partial charge on any atom is -0.277 e. The van der Waals surface area contributed by atoms with Crippen molar-refractivity contribution in [3.63, 3.8) is 0 Å². The Kier molecular flexibility index (Phi) is 4.13. The van der Waals surface area contributed by atoms with Gasteiger partial charge >= 0.3 is 0 Å². The molecular formula is C24H22N2O4. The van der Waals surface area contributed by atoms with E-state index >= 15 is 0 Å². The zero-order chi connectivity index (χ0) is 21.2. The van der Waals surface area contributed by atoms with E-state index in [4.69, 9.17) is 0 Å². The average Bonchev–Trinajstić information content (AvgIpc) is 3.08. The van der Waals surface area contributed by atoms with E-state index in [2.05, 4.69) is 0 Å². The number of benzene rings is 2. The molecule has 0 saturated heterocycles. The van der Waals surface area contributed by atoms with Gasteiger partial charge in [0.1, 0.15) is 0 Å². The molecule has 3 aliphatic rings. The predicted octanol–water partition coefficient (Wildman–Crippen LogP) is 2.80. The van der Waals surface area contributed by atoms with Crippen LogP contribution in [-0.2, 0) is 25.7 Å². The number of amides is 4. The molecule has 0 unspecified atom stereocenters. The molecule has 0 bridgehead atoms. The second-order valence-corrected chi connectivity index (χ2v) is 8.38. The maximum absolute atomic E-state index is 12.4. The molecule has 5 rings (SSSR count). The molecule has 0 radical (unpaired) electrons. The first kappa shape index (κ1) is 18.7. The summed E-state index contributed by atoms with van der Waals surface area (Å²) in [6, 6.07) is 7.60. The highest BCUT2D eigenvalue weighted by atomic mass is 16.2. The standard InChI is InChI=1S/C24H22N2O4/c1-25-21(27)17-9-13-5-3-7-15-11-19-20(24(30)26(2)23(19)29)12-16(15)8-4-6-14(13)10-18(17)22(25)28/h9-12H,3-8H2,1-2H3. The molecule has 2 aromatic carbocycles. The van der Waals surface area contributed by atoms with Crippen molar-refractivity contribution in [2.45, 2.75) is 38.5 Å². The van der Waals surface area contributed by atoms with E-state index in [9.17, 15) is 19.2 Å². The first-order chi connectivity index (χ1) is 14.4. The Morgan fingerprint density at radius 2 is 0.733 bits per heavy atom. The van der Waals surface area contributed by atoms with Crippen LogP contribution in [0, 0.1) is 0 Å². The summed E-state index contributed by atoms with van der Waals surface area (Å²) >= 11 is 0. The Bertz CT molecular complexity index is 987. The molecule has 6 heteroatoms. The van der Waals surface area contributed by atoms with Crippen LogP contribution in [0.25, 0.3) is 0 Å². The normalized spacial score (nSPS) is 18.3. The number of fused-ring (bicyclic) bond motifs is 4. The Labute approximate surface area is 174 Å². The maximum atomic E-state index is 12.4. The van der Waals surface area contributed by atoms with Crippen LogP contribution in [-0.4, -0.2) is 47.5 Å². The van der Waals surface area contributed by atoms with Crippen LogP contribution in [0.15, 0.2) is 24.3 Å². The van der Waals surface area contributed by atoms with Gasteiger partial charge in [-0.2, -0.15) is 0 Å². The van der Waals surface area contributed by atoms with Gasteiger partial charge in [-0.1, -0.05) is 0 Å². The van der Waals surface area contributed by atoms with Crippen LogP contribution in [0.2, 0.25) is 0 Å². The second kappa shape index (κ2) is 6.62. The van der Waals surface area contributed by atoms with Crippen LogP contribution in [0.4, 0.5) is 0 Å². The Balaban J connectivity index is 1.48. The lowest BCUT2D eigenvalue weighted by molar-refractivity contribution is 0.0677. The van der Waals surface area contributed by atoms with Gasteiger partial charge in [0, 0.05) is 14.1 Å². The van der Waals surface area contributed by atoms with Crippen LogP contribution < -0.4 is 0 Å². The van der Waals surface area contributed by atoms with Crippen LogP contribution in [0.3, 0.4) is 0 Å². The molecule has 0 spiro atoms. The van der Waals surface area contributed by atoms with Crippen molar-refractivity contribution in [1.82, 2.24) is 9.80 Å². The molecule has 0 aromatic heterocycles. The average molecular weight is 402 g/mol. The number of nitrogens with zero attached hydrogens (tertiary/aromatic N) is 2. The summed E-state index contributed by atoms with van der Waals surface area (Å²) in [6.45, 7) is 0. The maximum Gasteiger partial charge on any atom is 0.261 e. The van der Waals surface area contributed by atoms with Gasteiger partial charge in [0.2, 0.25) is 0 Å². The van der Waals surface area contributed by atoms with Crippen LogP contribution in [0.1, 0.15) is 76.5 Å². The van der Waals surface area contributed by atoms with Crippen molar-refractivity contribution in [3.8, 4) is 0 Å². The van der Waals surface area contributed by atoms with Gasteiger partial charge in [0.15, 0.2) is 0 Å². The first-order valence-electron chi connectivity index (χ1n) is 10.3. The molecule has 4 amide bonds. The molecule has 2 aromatic rings. The number of hydrogen-bond acceptors (Lipinski definition) is 4. The third kappa shape index (κ3) is 2.63. The monoisotopic (exact) mass is 402 g/mol. The fourth-order valence-electron chi connectivity index (χ4n) is 4.86. The van der Waals surface area contributed by atoms with Gasteiger partial charge in [-0.05, 0) is 85.0 Å². The van der Waals surface area contributed by atoms with Crippen molar-refractivity contribution in [2.24, 2.45) is 0 Å². The van der Waals surface area contributed by atoms with Crippen molar-refractivity contribution in [3.05, 3.63) is 68.8 Å². The summed E-state index contributed by atoms with van der Waals surface area (Å²) in [7, 11) is 3.04. The molecule has 2 aliphatic heterocycles. The molecule has 0 N–H and O–H groups in total. The van der Waals surface area contributed by atoms with E-state index in [1.54, 1.807) is 0 Å². The zero-order valence-electron chi connectivity index (χ0n) is 17.1. The number of carbonyl (C=O) groups is 4. The number of imide groups is 2. The second-order valence-electron chi connectivity index (χ2n) is 8.38. The van der Waals surface area contributed by atoms with Crippen LogP contribution in [0.5, 0.6) is 0 Å². The lowest BCUT2D eigenvalue weighted by Crippen LogP contribution is -2.24. The fourth-order valence-corrected chi connectivity index (χ4v) is 4.86. The summed E-state index contributed by atoms with van der Waals surface area (Å²) in [5, 5.41) is 0. The minimum absolute atomic E-state index is 0.233. The summed E-state index contributed by atoms with van der Waals surface area (Å²) < 4.78 is 0. The number of aryl methyl sites for hydroxylation is 4. The predicted molar refractivity (Wildman–Crippen MR) is 110 cm³/mol. The summed E-state index contributed by atoms with van der Waals surface area (Å²) in [5.74, 6) is -0.933. The molecule has 1 aliphatic carbocycles. The van der Waals surface area contributed by atoms with Gasteiger partial charge in [-0.25, -0.2) is 0 Å². The Hall–Kier alpha value is -3.28. The van der Waals surface area contributed by atoms with E-state index in [0.717, 1.165) is 60.8 Å². The zero-order valence-corrected chi connectivity index (χ0v) is 17.1. The van der Waals surface area contributed by atoms with Gasteiger partial charge in [0.05, 0.1) is 22.3 Å².